The van der Waals surface area contributed by atoms with Crippen LogP contribution in [0.3, 0.4) is 0 Å². The molecule has 1 rings (SSSR count). The molecule has 2 N–H and O–H groups in total. The van der Waals surface area contributed by atoms with Crippen LogP contribution in [0.2, 0.25) is 0 Å². The van der Waals surface area contributed by atoms with E-state index in [1.54, 1.807) is 6.20 Å². The average Bonchev–Trinajstić information content (AvgIpc) is 2.65. The van der Waals surface area contributed by atoms with Crippen molar-refractivity contribution in [1.29, 1.82) is 0 Å². The molecule has 2 atom stereocenters. The van der Waals surface area contributed by atoms with Gasteiger partial charge in [-0.15, -0.1) is 0 Å². The number of rotatable bonds is 5. The fourth-order valence-electron chi connectivity index (χ4n) is 1.51. The third-order valence-electron chi connectivity index (χ3n) is 2.49. The van der Waals surface area contributed by atoms with Crippen LogP contribution in [0.25, 0.3) is 0 Å². The van der Waals surface area contributed by atoms with E-state index in [1.807, 2.05) is 24.7 Å². The number of aliphatic hydroxyl groups excluding tert-OH is 1. The van der Waals surface area contributed by atoms with E-state index < -0.39 is 6.10 Å². The standard InChI is InChI=1S/C11H21N3O/c1-5-12-9(4)11(15)10-6-13-14(7-10)8(2)3/h6-9,11-12,15H,5H2,1-4H3. The van der Waals surface area contributed by atoms with Gasteiger partial charge in [-0.1, -0.05) is 6.92 Å². The topological polar surface area (TPSA) is 50.1 Å². The second-order valence-corrected chi connectivity index (χ2v) is 4.14. The number of likely N-dealkylation sites (N-methyl/N-ethyl adjacent to an activating group) is 1. The summed E-state index contributed by atoms with van der Waals surface area (Å²) in [5.41, 5.74) is 0.872. The fraction of sp³-hybridized carbons (Fsp3) is 0.727. The zero-order valence-corrected chi connectivity index (χ0v) is 9.94. The molecule has 0 aliphatic heterocycles. The molecule has 0 spiro atoms. The molecule has 4 heteroatoms. The second-order valence-electron chi connectivity index (χ2n) is 4.14. The van der Waals surface area contributed by atoms with Crippen LogP contribution < -0.4 is 5.32 Å². The third-order valence-corrected chi connectivity index (χ3v) is 2.49. The minimum absolute atomic E-state index is 0.0554. The zero-order valence-electron chi connectivity index (χ0n) is 9.94. The van der Waals surface area contributed by atoms with E-state index in [2.05, 4.69) is 24.3 Å². The molecule has 15 heavy (non-hydrogen) atoms. The Labute approximate surface area is 91.3 Å². The minimum atomic E-state index is -0.488. The highest BCUT2D eigenvalue weighted by atomic mass is 16.3. The SMILES string of the molecule is CCNC(C)C(O)c1cnn(C(C)C)c1. The van der Waals surface area contributed by atoms with Crippen molar-refractivity contribution in [3.05, 3.63) is 18.0 Å². The molecule has 0 aliphatic rings. The van der Waals surface area contributed by atoms with E-state index in [0.29, 0.717) is 6.04 Å². The van der Waals surface area contributed by atoms with E-state index in [4.69, 9.17) is 0 Å². The number of aliphatic hydroxyl groups is 1. The van der Waals surface area contributed by atoms with Crippen molar-refractivity contribution in [2.45, 2.75) is 45.9 Å². The number of nitrogens with zero attached hydrogens (tertiary/aromatic N) is 2. The van der Waals surface area contributed by atoms with Gasteiger partial charge in [0.1, 0.15) is 0 Å². The first kappa shape index (κ1) is 12.2. The van der Waals surface area contributed by atoms with Crippen molar-refractivity contribution < 1.29 is 5.11 Å². The van der Waals surface area contributed by atoms with Gasteiger partial charge in [-0.3, -0.25) is 4.68 Å². The quantitative estimate of drug-likeness (QED) is 0.776. The Hall–Kier alpha value is -0.870. The maximum Gasteiger partial charge on any atom is 0.0970 e. The molecule has 0 fully saturated rings. The van der Waals surface area contributed by atoms with E-state index in [0.717, 1.165) is 12.1 Å². The van der Waals surface area contributed by atoms with Crippen LogP contribution in [0.15, 0.2) is 12.4 Å². The lowest BCUT2D eigenvalue weighted by molar-refractivity contribution is 0.137. The van der Waals surface area contributed by atoms with Crippen LogP contribution in [0.1, 0.15) is 45.4 Å². The molecule has 1 aromatic heterocycles. The fourth-order valence-corrected chi connectivity index (χ4v) is 1.51. The Morgan fingerprint density at radius 1 is 1.47 bits per heavy atom. The van der Waals surface area contributed by atoms with Crippen molar-refractivity contribution in [3.8, 4) is 0 Å². The Morgan fingerprint density at radius 2 is 2.13 bits per heavy atom. The largest absolute Gasteiger partial charge is 0.387 e. The van der Waals surface area contributed by atoms with Gasteiger partial charge in [0.15, 0.2) is 0 Å². The van der Waals surface area contributed by atoms with Gasteiger partial charge in [-0.05, 0) is 27.3 Å². The van der Waals surface area contributed by atoms with Gasteiger partial charge in [0.05, 0.1) is 12.3 Å². The maximum atomic E-state index is 10.00. The summed E-state index contributed by atoms with van der Waals surface area (Å²) in [4.78, 5) is 0. The number of hydrogen-bond acceptors (Lipinski definition) is 3. The molecule has 4 nitrogen and oxygen atoms in total. The van der Waals surface area contributed by atoms with Gasteiger partial charge in [-0.25, -0.2) is 0 Å². The second kappa shape index (κ2) is 5.28. The van der Waals surface area contributed by atoms with Gasteiger partial charge in [0.2, 0.25) is 0 Å². The zero-order chi connectivity index (χ0) is 11.4. The van der Waals surface area contributed by atoms with E-state index in [1.165, 1.54) is 0 Å². The van der Waals surface area contributed by atoms with Gasteiger partial charge >= 0.3 is 0 Å². The summed E-state index contributed by atoms with van der Waals surface area (Å²) in [7, 11) is 0. The highest BCUT2D eigenvalue weighted by Crippen LogP contribution is 2.17. The van der Waals surface area contributed by atoms with Crippen LogP contribution in [0.4, 0.5) is 0 Å². The molecule has 2 unspecified atom stereocenters. The summed E-state index contributed by atoms with van der Waals surface area (Å²) < 4.78 is 1.86. The van der Waals surface area contributed by atoms with E-state index >= 15 is 0 Å². The molecule has 86 valence electrons. The predicted octanol–water partition coefficient (Wildman–Crippen LogP) is 1.50. The smallest absolute Gasteiger partial charge is 0.0970 e. The van der Waals surface area contributed by atoms with Crippen LogP contribution in [0, 0.1) is 0 Å². The summed E-state index contributed by atoms with van der Waals surface area (Å²) in [6.45, 7) is 8.99. The maximum absolute atomic E-state index is 10.00. The van der Waals surface area contributed by atoms with Crippen molar-refractivity contribution in [3.63, 3.8) is 0 Å². The van der Waals surface area contributed by atoms with Gasteiger partial charge in [0.25, 0.3) is 0 Å². The predicted molar refractivity (Wildman–Crippen MR) is 60.7 cm³/mol. The first-order valence-corrected chi connectivity index (χ1v) is 5.51. The lowest BCUT2D eigenvalue weighted by atomic mass is 10.1. The molecule has 1 aromatic rings. The van der Waals surface area contributed by atoms with Crippen LogP contribution in [0.5, 0.6) is 0 Å². The van der Waals surface area contributed by atoms with Crippen molar-refractivity contribution >= 4 is 0 Å². The summed E-state index contributed by atoms with van der Waals surface area (Å²) in [6, 6.07) is 0.389. The minimum Gasteiger partial charge on any atom is -0.387 e. The molecule has 0 aromatic carbocycles. The molecule has 0 amide bonds. The van der Waals surface area contributed by atoms with Crippen LogP contribution in [-0.2, 0) is 0 Å². The number of nitrogens with one attached hydrogen (secondary N) is 1. The first-order valence-electron chi connectivity index (χ1n) is 5.51. The summed E-state index contributed by atoms with van der Waals surface area (Å²) in [6.07, 6.45) is 3.15. The molecular formula is C11H21N3O. The van der Waals surface area contributed by atoms with Crippen molar-refractivity contribution in [2.75, 3.05) is 6.54 Å². The van der Waals surface area contributed by atoms with Crippen LogP contribution >= 0.6 is 0 Å². The Bertz CT molecular complexity index is 296. The Morgan fingerprint density at radius 3 is 2.60 bits per heavy atom. The lowest BCUT2D eigenvalue weighted by Crippen LogP contribution is -2.31. The monoisotopic (exact) mass is 211 g/mol. The number of hydrogen-bond donors (Lipinski definition) is 2. The van der Waals surface area contributed by atoms with E-state index in [9.17, 15) is 5.11 Å². The molecule has 0 saturated heterocycles. The molecule has 0 bridgehead atoms. The van der Waals surface area contributed by atoms with Crippen molar-refractivity contribution in [1.82, 2.24) is 15.1 Å². The number of aromatic nitrogens is 2. The Kier molecular flexibility index (Phi) is 4.29. The van der Waals surface area contributed by atoms with Gasteiger partial charge < -0.3 is 10.4 Å². The third kappa shape index (κ3) is 3.04. The average molecular weight is 211 g/mol. The Balaban J connectivity index is 2.69. The molecule has 0 aliphatic carbocycles. The van der Waals surface area contributed by atoms with Gasteiger partial charge in [0, 0.05) is 23.8 Å². The molecule has 1 heterocycles. The highest BCUT2D eigenvalue weighted by Gasteiger charge is 2.17. The van der Waals surface area contributed by atoms with E-state index in [-0.39, 0.29) is 6.04 Å². The van der Waals surface area contributed by atoms with Crippen LogP contribution in [-0.4, -0.2) is 27.5 Å². The summed E-state index contributed by atoms with van der Waals surface area (Å²) in [5, 5.41) is 17.4. The lowest BCUT2D eigenvalue weighted by Gasteiger charge is -2.18. The summed E-state index contributed by atoms with van der Waals surface area (Å²) >= 11 is 0. The normalized spacial score (nSPS) is 15.6. The van der Waals surface area contributed by atoms with Crippen molar-refractivity contribution in [2.24, 2.45) is 0 Å². The van der Waals surface area contributed by atoms with Gasteiger partial charge in [-0.2, -0.15) is 5.10 Å². The highest BCUT2D eigenvalue weighted by molar-refractivity contribution is 5.10. The molecule has 0 radical (unpaired) electrons. The summed E-state index contributed by atoms with van der Waals surface area (Å²) in [5.74, 6) is 0. The first-order chi connectivity index (χ1) is 7.06. The molecular weight excluding hydrogens is 190 g/mol. The molecule has 0 saturated carbocycles.